The molecule has 0 fully saturated rings. The average Bonchev–Trinajstić information content (AvgIpc) is 3.62. The van der Waals surface area contributed by atoms with Gasteiger partial charge < -0.3 is 9.13 Å². The lowest BCUT2D eigenvalue weighted by atomic mass is 10.0. The Balaban J connectivity index is 1.23. The molecule has 3 aromatic heterocycles. The number of hydrogen-bond donors (Lipinski definition) is 0. The summed E-state index contributed by atoms with van der Waals surface area (Å²) in [6.45, 7) is 0. The van der Waals surface area contributed by atoms with Gasteiger partial charge in [0.05, 0.1) is 33.3 Å². The molecule has 0 atom stereocenters. The Kier molecular flexibility index (Phi) is 5.25. The maximum absolute atomic E-state index is 4.97. The van der Waals surface area contributed by atoms with Gasteiger partial charge in [-0.1, -0.05) is 84.9 Å². The summed E-state index contributed by atoms with van der Waals surface area (Å²) in [5, 5.41) is 7.36. The zero-order valence-electron chi connectivity index (χ0n) is 24.8. The molecule has 4 heteroatoms. The van der Waals surface area contributed by atoms with Crippen LogP contribution in [-0.2, 0) is 0 Å². The number of fused-ring (bicyclic) bond motifs is 8. The minimum Gasteiger partial charge on any atom is -0.309 e. The first-order valence-corrected chi connectivity index (χ1v) is 15.6. The van der Waals surface area contributed by atoms with E-state index in [0.717, 1.165) is 44.6 Å². The molecular weight excluding hydrogens is 560 g/mol. The third-order valence-electron chi connectivity index (χ3n) is 9.38. The summed E-state index contributed by atoms with van der Waals surface area (Å²) < 4.78 is 4.70. The van der Waals surface area contributed by atoms with Crippen LogP contribution in [0.25, 0.3) is 87.9 Å². The highest BCUT2D eigenvalue weighted by Gasteiger charge is 2.19. The molecule has 0 aliphatic rings. The van der Waals surface area contributed by atoms with Crippen molar-refractivity contribution in [3.8, 4) is 22.5 Å². The van der Waals surface area contributed by atoms with Crippen LogP contribution in [0.2, 0.25) is 0 Å². The normalized spacial score (nSPS) is 11.9. The summed E-state index contributed by atoms with van der Waals surface area (Å²) in [7, 11) is 0. The fraction of sp³-hybridized carbons (Fsp3) is 0. The van der Waals surface area contributed by atoms with Gasteiger partial charge in [0.2, 0.25) is 0 Å². The first kappa shape index (κ1) is 25.1. The van der Waals surface area contributed by atoms with Crippen LogP contribution in [0.1, 0.15) is 0 Å². The molecule has 0 aliphatic heterocycles. The van der Waals surface area contributed by atoms with Crippen molar-refractivity contribution in [1.82, 2.24) is 19.1 Å². The van der Waals surface area contributed by atoms with Crippen LogP contribution in [-0.4, -0.2) is 19.1 Å². The fourth-order valence-corrected chi connectivity index (χ4v) is 7.37. The SMILES string of the molecule is c1ccc(-n2c3ccccc3c3cc(-c4ccc(-n5c6ccccc6c6cc7ccccc7cc65)c5nccnc45)ccc32)cc1. The largest absolute Gasteiger partial charge is 0.309 e. The number of nitrogens with zero attached hydrogens (tertiary/aromatic N) is 4. The molecule has 4 nitrogen and oxygen atoms in total. The molecule has 0 saturated carbocycles. The van der Waals surface area contributed by atoms with Gasteiger partial charge in [0, 0.05) is 45.2 Å². The fourth-order valence-electron chi connectivity index (χ4n) is 7.37. The van der Waals surface area contributed by atoms with E-state index in [0.29, 0.717) is 0 Å². The Morgan fingerprint density at radius 3 is 1.78 bits per heavy atom. The van der Waals surface area contributed by atoms with Crippen molar-refractivity contribution in [1.29, 1.82) is 0 Å². The van der Waals surface area contributed by atoms with Crippen molar-refractivity contribution in [2.24, 2.45) is 0 Å². The van der Waals surface area contributed by atoms with E-state index >= 15 is 0 Å². The second-order valence-electron chi connectivity index (χ2n) is 11.9. The number of aromatic nitrogens is 4. The zero-order valence-corrected chi connectivity index (χ0v) is 24.8. The number of benzene rings is 7. The van der Waals surface area contributed by atoms with Crippen LogP contribution in [0.15, 0.2) is 158 Å². The van der Waals surface area contributed by atoms with Gasteiger partial charge in [-0.05, 0) is 77.0 Å². The van der Waals surface area contributed by atoms with Gasteiger partial charge in [0.25, 0.3) is 0 Å². The summed E-state index contributed by atoms with van der Waals surface area (Å²) in [5.41, 5.74) is 10.8. The van der Waals surface area contributed by atoms with Gasteiger partial charge in [-0.25, -0.2) is 0 Å². The van der Waals surface area contributed by atoms with E-state index < -0.39 is 0 Å². The lowest BCUT2D eigenvalue weighted by molar-refractivity contribution is 1.17. The molecule has 0 unspecified atom stereocenters. The molecule has 10 rings (SSSR count). The second-order valence-corrected chi connectivity index (χ2v) is 11.9. The van der Waals surface area contributed by atoms with Gasteiger partial charge in [-0.15, -0.1) is 0 Å². The number of para-hydroxylation sites is 3. The Morgan fingerprint density at radius 1 is 0.391 bits per heavy atom. The summed E-state index contributed by atoms with van der Waals surface area (Å²) in [6, 6.07) is 52.3. The lowest BCUT2D eigenvalue weighted by Crippen LogP contribution is -1.99. The summed E-state index contributed by atoms with van der Waals surface area (Å²) >= 11 is 0. The van der Waals surface area contributed by atoms with E-state index in [1.165, 1.54) is 43.4 Å². The van der Waals surface area contributed by atoms with Gasteiger partial charge in [-0.3, -0.25) is 9.97 Å². The molecule has 0 bridgehead atoms. The van der Waals surface area contributed by atoms with Crippen LogP contribution < -0.4 is 0 Å². The van der Waals surface area contributed by atoms with E-state index in [4.69, 9.17) is 9.97 Å². The molecule has 3 heterocycles. The molecule has 0 amide bonds. The van der Waals surface area contributed by atoms with E-state index in [1.54, 1.807) is 12.4 Å². The van der Waals surface area contributed by atoms with Crippen molar-refractivity contribution in [3.05, 3.63) is 158 Å². The van der Waals surface area contributed by atoms with Gasteiger partial charge in [0.1, 0.15) is 5.52 Å². The van der Waals surface area contributed by atoms with Crippen LogP contribution in [0.5, 0.6) is 0 Å². The maximum Gasteiger partial charge on any atom is 0.113 e. The van der Waals surface area contributed by atoms with Crippen molar-refractivity contribution in [3.63, 3.8) is 0 Å². The topological polar surface area (TPSA) is 35.6 Å². The molecule has 0 aliphatic carbocycles. The molecule has 0 N–H and O–H groups in total. The van der Waals surface area contributed by atoms with Gasteiger partial charge in [-0.2, -0.15) is 0 Å². The molecular formula is C42H26N4. The summed E-state index contributed by atoms with van der Waals surface area (Å²) in [5.74, 6) is 0. The van der Waals surface area contributed by atoms with E-state index in [1.807, 2.05) is 0 Å². The molecule has 0 spiro atoms. The van der Waals surface area contributed by atoms with Crippen LogP contribution in [0.3, 0.4) is 0 Å². The van der Waals surface area contributed by atoms with E-state index in [2.05, 4.69) is 155 Å². The molecule has 0 saturated heterocycles. The average molecular weight is 587 g/mol. The monoisotopic (exact) mass is 586 g/mol. The lowest BCUT2D eigenvalue weighted by Gasteiger charge is -2.14. The molecule has 214 valence electrons. The van der Waals surface area contributed by atoms with Crippen molar-refractivity contribution < 1.29 is 0 Å². The number of hydrogen-bond acceptors (Lipinski definition) is 2. The standard InChI is InChI=1S/C42H26N4/c1-2-12-30(13-3-1)45-36-16-8-6-14-32(36)34-25-29(18-20-38(34)45)31-19-21-39(42-41(31)43-22-23-44-42)46-37-17-9-7-15-33(37)35-24-27-10-4-5-11-28(27)26-40(35)46/h1-26H. The highest BCUT2D eigenvalue weighted by atomic mass is 15.0. The molecule has 0 radical (unpaired) electrons. The molecule has 10 aromatic rings. The third kappa shape index (κ3) is 3.55. The Bertz CT molecular complexity index is 2810. The molecule has 7 aromatic carbocycles. The zero-order chi connectivity index (χ0) is 30.2. The first-order valence-electron chi connectivity index (χ1n) is 15.6. The predicted molar refractivity (Wildman–Crippen MR) is 191 cm³/mol. The Hall–Kier alpha value is -6.26. The van der Waals surface area contributed by atoms with Crippen LogP contribution in [0, 0.1) is 0 Å². The third-order valence-corrected chi connectivity index (χ3v) is 9.38. The Labute approximate surface area is 264 Å². The van der Waals surface area contributed by atoms with Gasteiger partial charge in [0.15, 0.2) is 0 Å². The quantitative estimate of drug-likeness (QED) is 0.206. The van der Waals surface area contributed by atoms with Crippen LogP contribution >= 0.6 is 0 Å². The molecule has 46 heavy (non-hydrogen) atoms. The summed E-state index contributed by atoms with van der Waals surface area (Å²) in [6.07, 6.45) is 3.60. The van der Waals surface area contributed by atoms with E-state index in [9.17, 15) is 0 Å². The first-order chi connectivity index (χ1) is 22.8. The van der Waals surface area contributed by atoms with E-state index in [-0.39, 0.29) is 0 Å². The second kappa shape index (κ2) is 9.62. The van der Waals surface area contributed by atoms with Crippen molar-refractivity contribution >= 4 is 65.4 Å². The highest BCUT2D eigenvalue weighted by molar-refractivity contribution is 6.15. The highest BCUT2D eigenvalue weighted by Crippen LogP contribution is 2.40. The maximum atomic E-state index is 4.97. The van der Waals surface area contributed by atoms with Gasteiger partial charge >= 0.3 is 0 Å². The predicted octanol–water partition coefficient (Wildman–Crippen LogP) is 10.6. The minimum absolute atomic E-state index is 0.877. The van der Waals surface area contributed by atoms with Crippen molar-refractivity contribution in [2.75, 3.05) is 0 Å². The van der Waals surface area contributed by atoms with Crippen LogP contribution in [0.4, 0.5) is 0 Å². The van der Waals surface area contributed by atoms with Crippen molar-refractivity contribution in [2.45, 2.75) is 0 Å². The summed E-state index contributed by atoms with van der Waals surface area (Å²) in [4.78, 5) is 9.92. The minimum atomic E-state index is 0.877. The number of rotatable bonds is 3. The Morgan fingerprint density at radius 2 is 1.00 bits per heavy atom. The smallest absolute Gasteiger partial charge is 0.113 e.